The predicted octanol–water partition coefficient (Wildman–Crippen LogP) is 4.78. The first-order chi connectivity index (χ1) is 11.6. The zero-order valence-corrected chi connectivity index (χ0v) is 15.3. The fourth-order valence-corrected chi connectivity index (χ4v) is 3.57. The van der Waals surface area contributed by atoms with Crippen molar-refractivity contribution in [2.24, 2.45) is 0 Å². The summed E-state index contributed by atoms with van der Waals surface area (Å²) in [4.78, 5) is 4.46. The molecule has 0 unspecified atom stereocenters. The van der Waals surface area contributed by atoms with Gasteiger partial charge in [0, 0.05) is 6.07 Å². The molecule has 0 atom stereocenters. The number of anilines is 2. The Bertz CT molecular complexity index is 898. The van der Waals surface area contributed by atoms with Gasteiger partial charge in [0.2, 0.25) is 0 Å². The van der Waals surface area contributed by atoms with E-state index in [1.807, 2.05) is 30.3 Å². The Hall–Kier alpha value is -2.09. The Morgan fingerprint density at radius 1 is 1.17 bits per heavy atom. The van der Waals surface area contributed by atoms with Crippen LogP contribution in [0.1, 0.15) is 0 Å². The SMILES string of the molecule is COc1ccc(OC)c(NC(=S)Nc2nc3c(Cl)cccc3s2)c1. The molecule has 1 aromatic heterocycles. The lowest BCUT2D eigenvalue weighted by molar-refractivity contribution is 0.405. The molecule has 0 radical (unpaired) electrons. The lowest BCUT2D eigenvalue weighted by Gasteiger charge is -2.13. The molecule has 8 heteroatoms. The number of nitrogens with zero attached hydrogens (tertiary/aromatic N) is 1. The number of fused-ring (bicyclic) bond motifs is 1. The van der Waals surface area contributed by atoms with Crippen molar-refractivity contribution in [3.8, 4) is 11.5 Å². The number of hydrogen-bond acceptors (Lipinski definition) is 5. The number of methoxy groups -OCH3 is 2. The zero-order valence-electron chi connectivity index (χ0n) is 12.9. The number of halogens is 1. The fraction of sp³-hybridized carbons (Fsp3) is 0.125. The van der Waals surface area contributed by atoms with Crippen LogP contribution in [0.4, 0.5) is 10.8 Å². The van der Waals surface area contributed by atoms with Gasteiger partial charge in [0.1, 0.15) is 17.0 Å². The second kappa shape index (κ2) is 7.21. The summed E-state index contributed by atoms with van der Waals surface area (Å²) in [6.45, 7) is 0. The summed E-state index contributed by atoms with van der Waals surface area (Å²) in [5, 5.41) is 7.84. The zero-order chi connectivity index (χ0) is 17.1. The van der Waals surface area contributed by atoms with Crippen molar-refractivity contribution in [1.82, 2.24) is 4.98 Å². The summed E-state index contributed by atoms with van der Waals surface area (Å²) in [6.07, 6.45) is 0. The van der Waals surface area contributed by atoms with E-state index in [9.17, 15) is 0 Å². The fourth-order valence-electron chi connectivity index (χ4n) is 2.13. The first kappa shape index (κ1) is 16.8. The van der Waals surface area contributed by atoms with Crippen LogP contribution in [0.15, 0.2) is 36.4 Å². The van der Waals surface area contributed by atoms with Crippen LogP contribution in [0, 0.1) is 0 Å². The van der Waals surface area contributed by atoms with Gasteiger partial charge in [0.15, 0.2) is 10.2 Å². The van der Waals surface area contributed by atoms with E-state index in [-0.39, 0.29) is 0 Å². The molecule has 3 rings (SSSR count). The molecule has 0 bridgehead atoms. The Morgan fingerprint density at radius 2 is 2.00 bits per heavy atom. The Morgan fingerprint density at radius 3 is 2.71 bits per heavy atom. The number of ether oxygens (including phenoxy) is 2. The molecule has 3 aromatic rings. The molecule has 24 heavy (non-hydrogen) atoms. The normalized spacial score (nSPS) is 10.5. The highest BCUT2D eigenvalue weighted by Crippen LogP contribution is 2.32. The van der Waals surface area contributed by atoms with Crippen LogP contribution in [0.25, 0.3) is 10.2 Å². The van der Waals surface area contributed by atoms with Gasteiger partial charge in [-0.25, -0.2) is 4.98 Å². The minimum atomic E-state index is 0.400. The van der Waals surface area contributed by atoms with Crippen molar-refractivity contribution in [3.63, 3.8) is 0 Å². The molecule has 0 aliphatic heterocycles. The Labute approximate surface area is 153 Å². The number of thiazole rings is 1. The molecule has 0 saturated carbocycles. The number of rotatable bonds is 4. The van der Waals surface area contributed by atoms with Crippen LogP contribution in [0.3, 0.4) is 0 Å². The summed E-state index contributed by atoms with van der Waals surface area (Å²) in [5.41, 5.74) is 1.46. The first-order valence-corrected chi connectivity index (χ1v) is 8.56. The van der Waals surface area contributed by atoms with Gasteiger partial charge in [0.05, 0.1) is 29.6 Å². The third-order valence-electron chi connectivity index (χ3n) is 3.25. The van der Waals surface area contributed by atoms with Crippen molar-refractivity contribution < 1.29 is 9.47 Å². The number of benzene rings is 2. The third kappa shape index (κ3) is 3.53. The molecule has 0 saturated heterocycles. The van der Waals surface area contributed by atoms with Crippen LogP contribution < -0.4 is 20.1 Å². The maximum Gasteiger partial charge on any atom is 0.190 e. The second-order valence-electron chi connectivity index (χ2n) is 4.75. The Kier molecular flexibility index (Phi) is 5.03. The van der Waals surface area contributed by atoms with Crippen LogP contribution in [0.5, 0.6) is 11.5 Å². The van der Waals surface area contributed by atoms with E-state index < -0.39 is 0 Å². The van der Waals surface area contributed by atoms with Crippen molar-refractivity contribution >= 4 is 61.3 Å². The molecular weight excluding hydrogens is 366 g/mol. The van der Waals surface area contributed by atoms with E-state index in [1.165, 1.54) is 11.3 Å². The van der Waals surface area contributed by atoms with Gasteiger partial charge >= 0.3 is 0 Å². The van der Waals surface area contributed by atoms with Crippen LogP contribution >= 0.6 is 35.2 Å². The highest BCUT2D eigenvalue weighted by Gasteiger charge is 2.10. The number of para-hydroxylation sites is 1. The summed E-state index contributed by atoms with van der Waals surface area (Å²) in [7, 11) is 3.20. The third-order valence-corrected chi connectivity index (χ3v) is 4.69. The summed E-state index contributed by atoms with van der Waals surface area (Å²) in [6, 6.07) is 11.1. The first-order valence-electron chi connectivity index (χ1n) is 6.96. The molecule has 124 valence electrons. The van der Waals surface area contributed by atoms with E-state index in [2.05, 4.69) is 15.6 Å². The summed E-state index contributed by atoms with van der Waals surface area (Å²) >= 11 is 13.0. The lowest BCUT2D eigenvalue weighted by Crippen LogP contribution is -2.19. The number of hydrogen-bond donors (Lipinski definition) is 2. The van der Waals surface area contributed by atoms with E-state index in [0.717, 1.165) is 10.2 Å². The molecule has 2 aromatic carbocycles. The molecular formula is C16H14ClN3O2S2. The molecule has 0 spiro atoms. The highest BCUT2D eigenvalue weighted by molar-refractivity contribution is 7.80. The molecule has 2 N–H and O–H groups in total. The highest BCUT2D eigenvalue weighted by atomic mass is 35.5. The maximum absolute atomic E-state index is 6.15. The standard InChI is InChI=1S/C16H14ClN3O2S2/c1-21-9-6-7-12(22-2)11(8-9)18-15(23)20-16-19-14-10(17)4-3-5-13(14)24-16/h3-8H,1-2H3,(H2,18,19,20,23). The molecule has 0 aliphatic carbocycles. The van der Waals surface area contributed by atoms with Gasteiger partial charge in [-0.15, -0.1) is 0 Å². The van der Waals surface area contributed by atoms with Crippen molar-refractivity contribution in [3.05, 3.63) is 41.4 Å². The summed E-state index contributed by atoms with van der Waals surface area (Å²) < 4.78 is 11.5. The number of nitrogens with one attached hydrogen (secondary N) is 2. The van der Waals surface area contributed by atoms with Crippen molar-refractivity contribution in [2.75, 3.05) is 24.9 Å². The van der Waals surface area contributed by atoms with Gasteiger partial charge in [-0.05, 0) is 36.5 Å². The maximum atomic E-state index is 6.15. The van der Waals surface area contributed by atoms with Gasteiger partial charge in [-0.2, -0.15) is 0 Å². The van der Waals surface area contributed by atoms with E-state index in [0.29, 0.717) is 32.5 Å². The van der Waals surface area contributed by atoms with Crippen LogP contribution in [-0.4, -0.2) is 24.3 Å². The molecule has 1 heterocycles. The smallest absolute Gasteiger partial charge is 0.190 e. The molecule has 0 aliphatic rings. The van der Waals surface area contributed by atoms with E-state index in [4.69, 9.17) is 33.3 Å². The molecule has 0 amide bonds. The minimum Gasteiger partial charge on any atom is -0.497 e. The summed E-state index contributed by atoms with van der Waals surface area (Å²) in [5.74, 6) is 1.36. The van der Waals surface area contributed by atoms with E-state index >= 15 is 0 Å². The van der Waals surface area contributed by atoms with Gasteiger partial charge in [0.25, 0.3) is 0 Å². The predicted molar refractivity (Wildman–Crippen MR) is 104 cm³/mol. The lowest BCUT2D eigenvalue weighted by atomic mass is 10.2. The largest absolute Gasteiger partial charge is 0.497 e. The molecule has 0 fully saturated rings. The average molecular weight is 380 g/mol. The topological polar surface area (TPSA) is 55.4 Å². The molecule has 5 nitrogen and oxygen atoms in total. The average Bonchev–Trinajstić information content (AvgIpc) is 2.98. The van der Waals surface area contributed by atoms with Crippen molar-refractivity contribution in [2.45, 2.75) is 0 Å². The van der Waals surface area contributed by atoms with Crippen molar-refractivity contribution in [1.29, 1.82) is 0 Å². The number of aromatic nitrogens is 1. The monoisotopic (exact) mass is 379 g/mol. The van der Waals surface area contributed by atoms with Crippen LogP contribution in [-0.2, 0) is 0 Å². The van der Waals surface area contributed by atoms with Gasteiger partial charge in [-0.3, -0.25) is 0 Å². The number of thiocarbonyl (C=S) groups is 1. The van der Waals surface area contributed by atoms with Gasteiger partial charge < -0.3 is 20.1 Å². The quantitative estimate of drug-likeness (QED) is 0.636. The minimum absolute atomic E-state index is 0.400. The second-order valence-corrected chi connectivity index (χ2v) is 6.60. The van der Waals surface area contributed by atoms with Gasteiger partial charge in [-0.1, -0.05) is 29.0 Å². The Balaban J connectivity index is 1.78. The van der Waals surface area contributed by atoms with E-state index in [1.54, 1.807) is 20.3 Å². The van der Waals surface area contributed by atoms with Crippen LogP contribution in [0.2, 0.25) is 5.02 Å².